The standard InChI is InChI=1S/C17H30N2O/c1-4-11-19(12-13-20)14-15(3)17(18-5-2)16-9-7-6-8-10-16/h6-10,15,17-18,20H,4-5,11-14H2,1-3H3. The molecule has 0 heterocycles. The summed E-state index contributed by atoms with van der Waals surface area (Å²) in [5, 5.41) is 12.8. The maximum absolute atomic E-state index is 9.18. The topological polar surface area (TPSA) is 35.5 Å². The van der Waals surface area contributed by atoms with Gasteiger partial charge in [0.1, 0.15) is 0 Å². The van der Waals surface area contributed by atoms with Crippen LogP contribution in [0.5, 0.6) is 0 Å². The number of hydrogen-bond acceptors (Lipinski definition) is 3. The van der Waals surface area contributed by atoms with E-state index in [4.69, 9.17) is 0 Å². The van der Waals surface area contributed by atoms with Crippen LogP contribution in [0, 0.1) is 5.92 Å². The van der Waals surface area contributed by atoms with Crippen LogP contribution >= 0.6 is 0 Å². The third kappa shape index (κ3) is 5.61. The molecule has 0 aromatic heterocycles. The maximum atomic E-state index is 9.18. The molecule has 2 N–H and O–H groups in total. The smallest absolute Gasteiger partial charge is 0.0558 e. The van der Waals surface area contributed by atoms with E-state index in [0.717, 1.165) is 32.6 Å². The molecule has 0 saturated carbocycles. The van der Waals surface area contributed by atoms with Crippen LogP contribution < -0.4 is 5.32 Å². The first kappa shape index (κ1) is 17.2. The van der Waals surface area contributed by atoms with Crippen molar-refractivity contribution in [3.05, 3.63) is 35.9 Å². The normalized spacial score (nSPS) is 14.4. The molecule has 2 unspecified atom stereocenters. The predicted molar refractivity (Wildman–Crippen MR) is 85.8 cm³/mol. The second kappa shape index (κ2) is 9.92. The Hall–Kier alpha value is -0.900. The quantitative estimate of drug-likeness (QED) is 0.691. The van der Waals surface area contributed by atoms with Crippen LogP contribution in [0.3, 0.4) is 0 Å². The molecule has 0 fully saturated rings. The summed E-state index contributed by atoms with van der Waals surface area (Å²) >= 11 is 0. The van der Waals surface area contributed by atoms with Crippen LogP contribution in [0.15, 0.2) is 30.3 Å². The average molecular weight is 278 g/mol. The molecule has 20 heavy (non-hydrogen) atoms. The second-order valence-corrected chi connectivity index (χ2v) is 5.45. The third-order valence-corrected chi connectivity index (χ3v) is 3.65. The van der Waals surface area contributed by atoms with Crippen LogP contribution in [-0.2, 0) is 0 Å². The van der Waals surface area contributed by atoms with Gasteiger partial charge in [0.25, 0.3) is 0 Å². The molecule has 0 saturated heterocycles. The zero-order chi connectivity index (χ0) is 14.8. The zero-order valence-electron chi connectivity index (χ0n) is 13.2. The van der Waals surface area contributed by atoms with Gasteiger partial charge < -0.3 is 15.3 Å². The molecular formula is C17H30N2O. The average Bonchev–Trinajstić information content (AvgIpc) is 2.46. The summed E-state index contributed by atoms with van der Waals surface area (Å²) in [6.07, 6.45) is 1.13. The lowest BCUT2D eigenvalue weighted by atomic mass is 9.93. The molecule has 0 aliphatic rings. The lowest BCUT2D eigenvalue weighted by Crippen LogP contribution is -2.37. The lowest BCUT2D eigenvalue weighted by Gasteiger charge is -2.30. The fourth-order valence-corrected chi connectivity index (χ4v) is 2.79. The first-order chi connectivity index (χ1) is 9.72. The van der Waals surface area contributed by atoms with Crippen molar-refractivity contribution in [2.75, 3.05) is 32.8 Å². The number of nitrogens with one attached hydrogen (secondary N) is 1. The van der Waals surface area contributed by atoms with Crippen LogP contribution in [0.25, 0.3) is 0 Å². The Bertz CT molecular complexity index is 336. The van der Waals surface area contributed by atoms with Crippen molar-refractivity contribution < 1.29 is 5.11 Å². The van der Waals surface area contributed by atoms with Gasteiger partial charge in [-0.15, -0.1) is 0 Å². The summed E-state index contributed by atoms with van der Waals surface area (Å²) in [5.74, 6) is 0.510. The van der Waals surface area contributed by atoms with Gasteiger partial charge in [0.05, 0.1) is 6.61 Å². The van der Waals surface area contributed by atoms with Crippen molar-refractivity contribution in [2.45, 2.75) is 33.2 Å². The van der Waals surface area contributed by atoms with Gasteiger partial charge in [0.15, 0.2) is 0 Å². The second-order valence-electron chi connectivity index (χ2n) is 5.45. The number of benzene rings is 1. The van der Waals surface area contributed by atoms with Crippen molar-refractivity contribution in [1.29, 1.82) is 0 Å². The molecule has 1 rings (SSSR count). The van der Waals surface area contributed by atoms with E-state index < -0.39 is 0 Å². The Labute approximate surface area is 124 Å². The third-order valence-electron chi connectivity index (χ3n) is 3.65. The highest BCUT2D eigenvalue weighted by atomic mass is 16.3. The number of rotatable bonds is 10. The number of aliphatic hydroxyl groups is 1. The van der Waals surface area contributed by atoms with E-state index in [-0.39, 0.29) is 6.61 Å². The number of aliphatic hydroxyl groups excluding tert-OH is 1. The molecule has 0 aliphatic carbocycles. The molecule has 0 aliphatic heterocycles. The Balaban J connectivity index is 2.70. The van der Waals surface area contributed by atoms with Gasteiger partial charge in [-0.1, -0.05) is 51.1 Å². The van der Waals surface area contributed by atoms with Gasteiger partial charge in [0.2, 0.25) is 0 Å². The first-order valence-electron chi connectivity index (χ1n) is 7.84. The summed E-state index contributed by atoms with van der Waals surface area (Å²) in [6, 6.07) is 11.0. The summed E-state index contributed by atoms with van der Waals surface area (Å²) in [6.45, 7) is 10.7. The van der Waals surface area contributed by atoms with Crippen LogP contribution in [0.2, 0.25) is 0 Å². The van der Waals surface area contributed by atoms with Gasteiger partial charge in [0, 0.05) is 19.1 Å². The van der Waals surface area contributed by atoms with E-state index in [0.29, 0.717) is 12.0 Å². The van der Waals surface area contributed by atoms with E-state index in [9.17, 15) is 5.11 Å². The zero-order valence-corrected chi connectivity index (χ0v) is 13.2. The van der Waals surface area contributed by atoms with Crippen LogP contribution in [0.4, 0.5) is 0 Å². The summed E-state index contributed by atoms with van der Waals surface area (Å²) < 4.78 is 0. The highest BCUT2D eigenvalue weighted by Crippen LogP contribution is 2.22. The van der Waals surface area contributed by atoms with Crippen LogP contribution in [0.1, 0.15) is 38.8 Å². The van der Waals surface area contributed by atoms with E-state index in [1.165, 1.54) is 5.56 Å². The van der Waals surface area contributed by atoms with Crippen molar-refractivity contribution in [3.63, 3.8) is 0 Å². The molecule has 3 heteroatoms. The Morgan fingerprint density at radius 2 is 1.85 bits per heavy atom. The Morgan fingerprint density at radius 1 is 1.15 bits per heavy atom. The molecule has 0 radical (unpaired) electrons. The fraction of sp³-hybridized carbons (Fsp3) is 0.647. The summed E-state index contributed by atoms with van der Waals surface area (Å²) in [7, 11) is 0. The van der Waals surface area contributed by atoms with Crippen molar-refractivity contribution >= 4 is 0 Å². The molecule has 1 aromatic carbocycles. The van der Waals surface area contributed by atoms with E-state index >= 15 is 0 Å². The molecule has 0 amide bonds. The van der Waals surface area contributed by atoms with E-state index in [2.05, 4.69) is 61.3 Å². The minimum atomic E-state index is 0.240. The van der Waals surface area contributed by atoms with Gasteiger partial charge in [-0.2, -0.15) is 0 Å². The molecule has 1 aromatic rings. The van der Waals surface area contributed by atoms with Gasteiger partial charge in [-0.05, 0) is 31.0 Å². The molecular weight excluding hydrogens is 248 g/mol. The van der Waals surface area contributed by atoms with Crippen molar-refractivity contribution in [1.82, 2.24) is 10.2 Å². The summed E-state index contributed by atoms with van der Waals surface area (Å²) in [4.78, 5) is 2.36. The number of nitrogens with zero attached hydrogens (tertiary/aromatic N) is 1. The molecule has 0 spiro atoms. The minimum Gasteiger partial charge on any atom is -0.395 e. The number of hydrogen-bond donors (Lipinski definition) is 2. The van der Waals surface area contributed by atoms with E-state index in [1.807, 2.05) is 0 Å². The fourth-order valence-electron chi connectivity index (χ4n) is 2.79. The predicted octanol–water partition coefficient (Wildman–Crippen LogP) is 2.68. The SMILES string of the molecule is CCCN(CCO)CC(C)C(NCC)c1ccccc1. The van der Waals surface area contributed by atoms with Crippen molar-refractivity contribution in [2.24, 2.45) is 5.92 Å². The monoisotopic (exact) mass is 278 g/mol. The molecule has 114 valence electrons. The maximum Gasteiger partial charge on any atom is 0.0558 e. The molecule has 0 bridgehead atoms. The van der Waals surface area contributed by atoms with Gasteiger partial charge in [-0.25, -0.2) is 0 Å². The Kier molecular flexibility index (Phi) is 8.51. The highest BCUT2D eigenvalue weighted by molar-refractivity contribution is 5.19. The Morgan fingerprint density at radius 3 is 2.40 bits per heavy atom. The molecule has 2 atom stereocenters. The van der Waals surface area contributed by atoms with Crippen molar-refractivity contribution in [3.8, 4) is 0 Å². The highest BCUT2D eigenvalue weighted by Gasteiger charge is 2.20. The van der Waals surface area contributed by atoms with Gasteiger partial charge >= 0.3 is 0 Å². The van der Waals surface area contributed by atoms with E-state index in [1.54, 1.807) is 0 Å². The van der Waals surface area contributed by atoms with Gasteiger partial charge in [-0.3, -0.25) is 0 Å². The lowest BCUT2D eigenvalue weighted by molar-refractivity contribution is 0.166. The minimum absolute atomic E-state index is 0.240. The first-order valence-corrected chi connectivity index (χ1v) is 7.84. The molecule has 3 nitrogen and oxygen atoms in total. The summed E-state index contributed by atoms with van der Waals surface area (Å²) in [5.41, 5.74) is 1.35. The largest absolute Gasteiger partial charge is 0.395 e. The van der Waals surface area contributed by atoms with Crippen LogP contribution in [-0.4, -0.2) is 42.8 Å².